The van der Waals surface area contributed by atoms with E-state index in [0.717, 1.165) is 0 Å². The average molecular weight is 240 g/mol. The van der Waals surface area contributed by atoms with Crippen LogP contribution in [0, 0.1) is 5.82 Å². The van der Waals surface area contributed by atoms with Crippen LogP contribution in [0.3, 0.4) is 0 Å². The summed E-state index contributed by atoms with van der Waals surface area (Å²) in [6.07, 6.45) is -0.503. The fourth-order valence-electron chi connectivity index (χ4n) is 1.76. The number of nitrogens with two attached hydrogens (primary N) is 1. The molecule has 2 N–H and O–H groups in total. The molecule has 1 amide bonds. The van der Waals surface area contributed by atoms with Gasteiger partial charge in [-0.2, -0.15) is 0 Å². The van der Waals surface area contributed by atoms with Gasteiger partial charge in [-0.15, -0.1) is 0 Å². The van der Waals surface area contributed by atoms with Gasteiger partial charge < -0.3 is 15.2 Å². The molecule has 1 aromatic carbocycles. The number of ether oxygens (including phenoxy) is 2. The van der Waals surface area contributed by atoms with E-state index in [1.807, 2.05) is 0 Å². The Morgan fingerprint density at radius 1 is 1.65 bits per heavy atom. The fourth-order valence-corrected chi connectivity index (χ4v) is 1.76. The number of amides is 1. The van der Waals surface area contributed by atoms with Gasteiger partial charge in [0, 0.05) is 7.11 Å². The number of rotatable bonds is 3. The Labute approximate surface area is 97.9 Å². The number of cyclic esters (lactones) is 1. The zero-order chi connectivity index (χ0) is 12.4. The van der Waals surface area contributed by atoms with E-state index in [0.29, 0.717) is 12.3 Å². The van der Waals surface area contributed by atoms with Crippen molar-refractivity contribution in [2.24, 2.45) is 0 Å². The molecule has 2 rings (SSSR count). The van der Waals surface area contributed by atoms with Crippen LogP contribution >= 0.6 is 0 Å². The molecule has 1 aliphatic heterocycles. The highest BCUT2D eigenvalue weighted by Crippen LogP contribution is 2.26. The maximum Gasteiger partial charge on any atom is 0.414 e. The van der Waals surface area contributed by atoms with Gasteiger partial charge in [0.25, 0.3) is 0 Å². The summed E-state index contributed by atoms with van der Waals surface area (Å²) in [5.74, 6) is -0.557. The van der Waals surface area contributed by atoms with Crippen LogP contribution in [0.15, 0.2) is 18.2 Å². The van der Waals surface area contributed by atoms with Crippen molar-refractivity contribution in [2.45, 2.75) is 6.04 Å². The van der Waals surface area contributed by atoms with Gasteiger partial charge in [0.05, 0.1) is 24.0 Å². The van der Waals surface area contributed by atoms with Gasteiger partial charge in [0.1, 0.15) is 12.4 Å². The lowest BCUT2D eigenvalue weighted by Gasteiger charge is -2.20. The van der Waals surface area contributed by atoms with Crippen LogP contribution in [-0.2, 0) is 9.47 Å². The molecule has 1 atom stereocenters. The molecule has 1 fully saturated rings. The monoisotopic (exact) mass is 240 g/mol. The molecule has 0 aliphatic carbocycles. The van der Waals surface area contributed by atoms with Crippen LogP contribution in [0.5, 0.6) is 0 Å². The SMILES string of the molecule is COCC1COC(=O)N1c1ccc(N)c(F)c1. The second kappa shape index (κ2) is 4.58. The lowest BCUT2D eigenvalue weighted by molar-refractivity contribution is 0.157. The van der Waals surface area contributed by atoms with E-state index >= 15 is 0 Å². The number of methoxy groups -OCH3 is 1. The summed E-state index contributed by atoms with van der Waals surface area (Å²) in [5, 5.41) is 0. The number of hydrogen-bond acceptors (Lipinski definition) is 4. The number of nitrogens with zero attached hydrogens (tertiary/aromatic N) is 1. The Morgan fingerprint density at radius 2 is 2.41 bits per heavy atom. The third-order valence-electron chi connectivity index (χ3n) is 2.58. The van der Waals surface area contributed by atoms with Crippen LogP contribution in [0.2, 0.25) is 0 Å². The smallest absolute Gasteiger partial charge is 0.414 e. The largest absolute Gasteiger partial charge is 0.447 e. The van der Waals surface area contributed by atoms with E-state index in [1.165, 1.54) is 24.1 Å². The van der Waals surface area contributed by atoms with Gasteiger partial charge in [0.15, 0.2) is 0 Å². The quantitative estimate of drug-likeness (QED) is 0.810. The molecule has 1 aromatic rings. The first kappa shape index (κ1) is 11.7. The molecule has 6 heteroatoms. The second-order valence-electron chi connectivity index (χ2n) is 3.76. The van der Waals surface area contributed by atoms with E-state index < -0.39 is 11.9 Å². The van der Waals surface area contributed by atoms with Crippen LogP contribution in [0.25, 0.3) is 0 Å². The molecule has 1 aliphatic rings. The van der Waals surface area contributed by atoms with Crippen molar-refractivity contribution in [3.05, 3.63) is 24.0 Å². The summed E-state index contributed by atoms with van der Waals surface area (Å²) in [6, 6.07) is 3.97. The Balaban J connectivity index is 2.29. The molecule has 0 radical (unpaired) electrons. The minimum absolute atomic E-state index is 0.0459. The maximum atomic E-state index is 13.3. The van der Waals surface area contributed by atoms with Crippen molar-refractivity contribution >= 4 is 17.5 Å². The minimum Gasteiger partial charge on any atom is -0.447 e. The van der Waals surface area contributed by atoms with Crippen molar-refractivity contribution in [3.63, 3.8) is 0 Å². The van der Waals surface area contributed by atoms with Crippen molar-refractivity contribution in [3.8, 4) is 0 Å². The first-order valence-electron chi connectivity index (χ1n) is 5.13. The van der Waals surface area contributed by atoms with E-state index in [-0.39, 0.29) is 18.3 Å². The highest BCUT2D eigenvalue weighted by atomic mass is 19.1. The van der Waals surface area contributed by atoms with Crippen LogP contribution in [0.4, 0.5) is 20.6 Å². The molecule has 92 valence electrons. The van der Waals surface area contributed by atoms with E-state index in [2.05, 4.69) is 0 Å². The standard InChI is InChI=1S/C11H13FN2O3/c1-16-5-8-6-17-11(15)14(8)7-2-3-10(13)9(12)4-7/h2-4,8H,5-6,13H2,1H3. The lowest BCUT2D eigenvalue weighted by atomic mass is 10.2. The Kier molecular flexibility index (Phi) is 3.14. The molecule has 1 unspecified atom stereocenters. The normalized spacial score (nSPS) is 19.5. The average Bonchev–Trinajstić information content (AvgIpc) is 2.65. The highest BCUT2D eigenvalue weighted by Gasteiger charge is 2.34. The van der Waals surface area contributed by atoms with Gasteiger partial charge >= 0.3 is 6.09 Å². The zero-order valence-corrected chi connectivity index (χ0v) is 9.35. The molecule has 17 heavy (non-hydrogen) atoms. The van der Waals surface area contributed by atoms with Crippen molar-refractivity contribution < 1.29 is 18.7 Å². The number of nitrogen functional groups attached to an aromatic ring is 1. The first-order chi connectivity index (χ1) is 8.13. The molecule has 0 saturated carbocycles. The summed E-state index contributed by atoms with van der Waals surface area (Å²) in [6.45, 7) is 0.566. The molecule has 1 heterocycles. The van der Waals surface area contributed by atoms with E-state index in [4.69, 9.17) is 15.2 Å². The van der Waals surface area contributed by atoms with Crippen molar-refractivity contribution in [1.29, 1.82) is 0 Å². The molecular weight excluding hydrogens is 227 g/mol. The first-order valence-corrected chi connectivity index (χ1v) is 5.13. The van der Waals surface area contributed by atoms with E-state index in [1.54, 1.807) is 6.07 Å². The maximum absolute atomic E-state index is 13.3. The van der Waals surface area contributed by atoms with Crippen LogP contribution in [-0.4, -0.2) is 32.5 Å². The number of hydrogen-bond donors (Lipinski definition) is 1. The predicted octanol–water partition coefficient (Wildman–Crippen LogP) is 1.38. The minimum atomic E-state index is -0.557. The third-order valence-corrected chi connectivity index (χ3v) is 2.58. The van der Waals surface area contributed by atoms with Crippen molar-refractivity contribution in [2.75, 3.05) is 31.0 Å². The third kappa shape index (κ3) is 2.16. The van der Waals surface area contributed by atoms with Gasteiger partial charge in [-0.1, -0.05) is 0 Å². The molecule has 0 spiro atoms. The predicted molar refractivity (Wildman–Crippen MR) is 60.3 cm³/mol. The second-order valence-corrected chi connectivity index (χ2v) is 3.76. The summed E-state index contributed by atoms with van der Waals surface area (Å²) in [7, 11) is 1.53. The Morgan fingerprint density at radius 3 is 3.06 bits per heavy atom. The summed E-state index contributed by atoms with van der Waals surface area (Å²) >= 11 is 0. The number of anilines is 2. The topological polar surface area (TPSA) is 64.8 Å². The van der Waals surface area contributed by atoms with Gasteiger partial charge in [-0.25, -0.2) is 9.18 Å². The Hall–Kier alpha value is -1.82. The molecule has 0 bridgehead atoms. The van der Waals surface area contributed by atoms with E-state index in [9.17, 15) is 9.18 Å². The van der Waals surface area contributed by atoms with Crippen LogP contribution < -0.4 is 10.6 Å². The molecule has 0 aromatic heterocycles. The number of carbonyl (C=O) groups is 1. The number of halogens is 1. The molecule has 1 saturated heterocycles. The van der Waals surface area contributed by atoms with Crippen molar-refractivity contribution in [1.82, 2.24) is 0 Å². The van der Waals surface area contributed by atoms with Gasteiger partial charge in [-0.3, -0.25) is 4.90 Å². The molecule has 5 nitrogen and oxygen atoms in total. The number of benzene rings is 1. The Bertz CT molecular complexity index is 439. The highest BCUT2D eigenvalue weighted by molar-refractivity contribution is 5.90. The lowest BCUT2D eigenvalue weighted by Crippen LogP contribution is -2.36. The van der Waals surface area contributed by atoms with Crippen LogP contribution in [0.1, 0.15) is 0 Å². The van der Waals surface area contributed by atoms with Gasteiger partial charge in [-0.05, 0) is 18.2 Å². The summed E-state index contributed by atoms with van der Waals surface area (Å²) < 4.78 is 23.2. The fraction of sp³-hybridized carbons (Fsp3) is 0.364. The summed E-state index contributed by atoms with van der Waals surface area (Å²) in [5.41, 5.74) is 5.84. The molecular formula is C11H13FN2O3. The number of carbonyl (C=O) groups excluding carboxylic acids is 1. The van der Waals surface area contributed by atoms with Gasteiger partial charge in [0.2, 0.25) is 0 Å². The zero-order valence-electron chi connectivity index (χ0n) is 9.35. The summed E-state index contributed by atoms with van der Waals surface area (Å²) in [4.78, 5) is 12.9.